The summed E-state index contributed by atoms with van der Waals surface area (Å²) in [5.74, 6) is 1.38. The maximum atomic E-state index is 13.8. The van der Waals surface area contributed by atoms with E-state index in [0.29, 0.717) is 44.1 Å². The van der Waals surface area contributed by atoms with E-state index in [1.54, 1.807) is 18.4 Å². The molecule has 2 aromatic heterocycles. The predicted octanol–water partition coefficient (Wildman–Crippen LogP) is 1.99. The van der Waals surface area contributed by atoms with Crippen LogP contribution in [0, 0.1) is 6.92 Å². The predicted molar refractivity (Wildman–Crippen MR) is 83.9 cm³/mol. The quantitative estimate of drug-likeness (QED) is 0.843. The van der Waals surface area contributed by atoms with Gasteiger partial charge in [-0.05, 0) is 25.5 Å². The van der Waals surface area contributed by atoms with E-state index >= 15 is 0 Å². The molecule has 2 atom stereocenters. The van der Waals surface area contributed by atoms with Gasteiger partial charge >= 0.3 is 6.03 Å². The van der Waals surface area contributed by atoms with E-state index < -0.39 is 6.17 Å². The number of aryl methyl sites for hydroxylation is 1. The van der Waals surface area contributed by atoms with Gasteiger partial charge in [-0.25, -0.2) is 9.18 Å². The number of likely N-dealkylation sites (tertiary alicyclic amines) is 1. The van der Waals surface area contributed by atoms with Crippen molar-refractivity contribution in [2.75, 3.05) is 13.1 Å². The second-order valence-electron chi connectivity index (χ2n) is 5.99. The van der Waals surface area contributed by atoms with Crippen LogP contribution in [-0.4, -0.2) is 41.4 Å². The Balaban J connectivity index is 1.46. The van der Waals surface area contributed by atoms with E-state index in [0.717, 1.165) is 5.69 Å². The van der Waals surface area contributed by atoms with Gasteiger partial charge in [-0.2, -0.15) is 0 Å². The zero-order chi connectivity index (χ0) is 16.9. The molecule has 1 fully saturated rings. The standard InChI is InChI=1S/C16H21FN4O3/c1-11-5-15(24-20-11)10-21-9-12(17)6-13(21)7-18-16(22)19-8-14-3-2-4-23-14/h2-5,12-13H,6-10H2,1H3,(H2,18,19,22)/t12-,13-/m0/s1. The fourth-order valence-corrected chi connectivity index (χ4v) is 2.87. The first-order chi connectivity index (χ1) is 11.6. The fourth-order valence-electron chi connectivity index (χ4n) is 2.87. The van der Waals surface area contributed by atoms with Crippen LogP contribution in [0.2, 0.25) is 0 Å². The second-order valence-corrected chi connectivity index (χ2v) is 5.99. The van der Waals surface area contributed by atoms with Crippen LogP contribution in [0.5, 0.6) is 0 Å². The molecule has 2 amide bonds. The van der Waals surface area contributed by atoms with Crippen molar-refractivity contribution in [1.82, 2.24) is 20.7 Å². The average molecular weight is 336 g/mol. The number of furan rings is 1. The number of carbonyl (C=O) groups is 1. The Morgan fingerprint density at radius 2 is 2.33 bits per heavy atom. The molecule has 0 radical (unpaired) electrons. The maximum Gasteiger partial charge on any atom is 0.315 e. The number of nitrogens with zero attached hydrogens (tertiary/aromatic N) is 2. The lowest BCUT2D eigenvalue weighted by Gasteiger charge is -2.23. The smallest absolute Gasteiger partial charge is 0.315 e. The summed E-state index contributed by atoms with van der Waals surface area (Å²) in [6.07, 6.45) is 1.05. The SMILES string of the molecule is Cc1cc(CN2C[C@@H](F)C[C@H]2CNC(=O)NCc2ccco2)on1. The van der Waals surface area contributed by atoms with E-state index in [1.165, 1.54) is 0 Å². The van der Waals surface area contributed by atoms with Gasteiger partial charge in [0.05, 0.1) is 25.0 Å². The van der Waals surface area contributed by atoms with Crippen LogP contribution in [0.3, 0.4) is 0 Å². The van der Waals surface area contributed by atoms with E-state index in [1.807, 2.05) is 17.9 Å². The summed E-state index contributed by atoms with van der Waals surface area (Å²) in [5.41, 5.74) is 0.799. The molecular formula is C16H21FN4O3. The molecule has 3 rings (SSSR count). The molecule has 0 aromatic carbocycles. The lowest BCUT2D eigenvalue weighted by molar-refractivity contribution is 0.200. The molecule has 0 unspecified atom stereocenters. The number of urea groups is 1. The third-order valence-corrected chi connectivity index (χ3v) is 4.01. The molecule has 0 bridgehead atoms. The minimum absolute atomic E-state index is 0.0697. The number of hydrogen-bond donors (Lipinski definition) is 2. The molecule has 0 aliphatic carbocycles. The Labute approximate surface area is 139 Å². The molecule has 1 aliphatic heterocycles. The molecule has 7 nitrogen and oxygen atoms in total. The Morgan fingerprint density at radius 1 is 1.46 bits per heavy atom. The van der Waals surface area contributed by atoms with Gasteiger partial charge < -0.3 is 19.6 Å². The second kappa shape index (κ2) is 7.48. The van der Waals surface area contributed by atoms with Crippen molar-refractivity contribution in [2.24, 2.45) is 0 Å². The first-order valence-electron chi connectivity index (χ1n) is 7.94. The highest BCUT2D eigenvalue weighted by Crippen LogP contribution is 2.22. The molecule has 2 aromatic rings. The summed E-state index contributed by atoms with van der Waals surface area (Å²) in [7, 11) is 0. The molecule has 0 saturated carbocycles. The van der Waals surface area contributed by atoms with Crippen LogP contribution >= 0.6 is 0 Å². The van der Waals surface area contributed by atoms with Gasteiger partial charge in [0.15, 0.2) is 5.76 Å². The van der Waals surface area contributed by atoms with Crippen LogP contribution in [0.15, 0.2) is 33.4 Å². The number of carbonyl (C=O) groups excluding carboxylic acids is 1. The Hall–Kier alpha value is -2.35. The molecule has 0 spiro atoms. The van der Waals surface area contributed by atoms with Gasteiger partial charge in [-0.3, -0.25) is 4.90 Å². The summed E-state index contributed by atoms with van der Waals surface area (Å²) in [5, 5.41) is 9.33. The van der Waals surface area contributed by atoms with Crippen molar-refractivity contribution in [3.8, 4) is 0 Å². The van der Waals surface area contributed by atoms with Gasteiger partial charge in [0.1, 0.15) is 11.9 Å². The van der Waals surface area contributed by atoms with Gasteiger partial charge in [0.25, 0.3) is 0 Å². The van der Waals surface area contributed by atoms with Crippen LogP contribution in [0.4, 0.5) is 9.18 Å². The monoisotopic (exact) mass is 336 g/mol. The molecule has 130 valence electrons. The molecule has 3 heterocycles. The number of hydrogen-bond acceptors (Lipinski definition) is 5. The van der Waals surface area contributed by atoms with Crippen molar-refractivity contribution in [3.63, 3.8) is 0 Å². The molecular weight excluding hydrogens is 315 g/mol. The van der Waals surface area contributed by atoms with Crippen molar-refractivity contribution >= 4 is 6.03 Å². The summed E-state index contributed by atoms with van der Waals surface area (Å²) >= 11 is 0. The Kier molecular flexibility index (Phi) is 5.14. The molecule has 8 heteroatoms. The fraction of sp³-hybridized carbons (Fsp3) is 0.500. The summed E-state index contributed by atoms with van der Waals surface area (Å²) in [6, 6.07) is 5.01. The summed E-state index contributed by atoms with van der Waals surface area (Å²) in [4.78, 5) is 13.8. The van der Waals surface area contributed by atoms with Crippen LogP contribution in [0.25, 0.3) is 0 Å². The number of nitrogens with one attached hydrogen (secondary N) is 2. The van der Waals surface area contributed by atoms with Gasteiger partial charge in [0, 0.05) is 25.2 Å². The van der Waals surface area contributed by atoms with Gasteiger partial charge in [-0.15, -0.1) is 0 Å². The van der Waals surface area contributed by atoms with Crippen LogP contribution in [-0.2, 0) is 13.1 Å². The number of aromatic nitrogens is 1. The maximum absolute atomic E-state index is 13.8. The lowest BCUT2D eigenvalue weighted by atomic mass is 10.2. The van der Waals surface area contributed by atoms with E-state index in [2.05, 4.69) is 15.8 Å². The largest absolute Gasteiger partial charge is 0.467 e. The van der Waals surface area contributed by atoms with Crippen molar-refractivity contribution in [1.29, 1.82) is 0 Å². The molecule has 1 aliphatic rings. The van der Waals surface area contributed by atoms with Gasteiger partial charge in [-0.1, -0.05) is 5.16 Å². The topological polar surface area (TPSA) is 83.5 Å². The highest BCUT2D eigenvalue weighted by molar-refractivity contribution is 5.73. The minimum Gasteiger partial charge on any atom is -0.467 e. The number of halogens is 1. The zero-order valence-electron chi connectivity index (χ0n) is 13.5. The molecule has 24 heavy (non-hydrogen) atoms. The Bertz CT molecular complexity index is 658. The number of amides is 2. The van der Waals surface area contributed by atoms with E-state index in [4.69, 9.17) is 8.94 Å². The van der Waals surface area contributed by atoms with Crippen LogP contribution < -0.4 is 10.6 Å². The van der Waals surface area contributed by atoms with E-state index in [9.17, 15) is 9.18 Å². The number of rotatable bonds is 6. The van der Waals surface area contributed by atoms with Gasteiger partial charge in [0.2, 0.25) is 0 Å². The zero-order valence-corrected chi connectivity index (χ0v) is 13.5. The highest BCUT2D eigenvalue weighted by Gasteiger charge is 2.32. The number of alkyl halides is 1. The first-order valence-corrected chi connectivity index (χ1v) is 7.94. The summed E-state index contributed by atoms with van der Waals surface area (Å²) < 4.78 is 24.1. The van der Waals surface area contributed by atoms with Crippen molar-refractivity contribution < 1.29 is 18.1 Å². The van der Waals surface area contributed by atoms with Crippen LogP contribution in [0.1, 0.15) is 23.6 Å². The van der Waals surface area contributed by atoms with Crippen molar-refractivity contribution in [3.05, 3.63) is 41.7 Å². The first kappa shape index (κ1) is 16.5. The molecule has 1 saturated heterocycles. The Morgan fingerprint density at radius 3 is 3.04 bits per heavy atom. The normalized spacial score (nSPS) is 21.1. The van der Waals surface area contributed by atoms with Crippen molar-refractivity contribution in [2.45, 2.75) is 38.6 Å². The highest BCUT2D eigenvalue weighted by atomic mass is 19.1. The molecule has 2 N–H and O–H groups in total. The lowest BCUT2D eigenvalue weighted by Crippen LogP contribution is -2.43. The third kappa shape index (κ3) is 4.35. The minimum atomic E-state index is -0.896. The third-order valence-electron chi connectivity index (χ3n) is 4.01. The van der Waals surface area contributed by atoms with E-state index in [-0.39, 0.29) is 12.1 Å². The average Bonchev–Trinajstić information content (AvgIpc) is 3.26. The summed E-state index contributed by atoms with van der Waals surface area (Å²) in [6.45, 7) is 3.35.